The van der Waals surface area contributed by atoms with Crippen LogP contribution in [0, 0.1) is 13.8 Å². The maximum absolute atomic E-state index is 11.6. The molecule has 1 aromatic heterocycles. The molecule has 0 spiro atoms. The molecule has 1 heterocycles. The van der Waals surface area contributed by atoms with Gasteiger partial charge in [-0.05, 0) is 52.8 Å². The van der Waals surface area contributed by atoms with E-state index in [1.54, 1.807) is 13.8 Å². The lowest BCUT2D eigenvalue weighted by Gasteiger charge is -2.49. The van der Waals surface area contributed by atoms with Crippen molar-refractivity contribution < 1.29 is 9.90 Å². The first-order valence-electron chi connectivity index (χ1n) is 7.24. The summed E-state index contributed by atoms with van der Waals surface area (Å²) < 4.78 is 0. The maximum atomic E-state index is 11.6. The fourth-order valence-electron chi connectivity index (χ4n) is 2.97. The molecule has 1 aromatic rings. The summed E-state index contributed by atoms with van der Waals surface area (Å²) in [6.45, 7) is 4.33. The zero-order valence-electron chi connectivity index (χ0n) is 13.5. The van der Waals surface area contributed by atoms with Crippen LogP contribution >= 0.6 is 0 Å². The van der Waals surface area contributed by atoms with Crippen molar-refractivity contribution in [3.05, 3.63) is 16.8 Å². The number of aromatic nitrogens is 2. The lowest BCUT2D eigenvalue weighted by Crippen LogP contribution is -2.57. The van der Waals surface area contributed by atoms with Gasteiger partial charge in [0.15, 0.2) is 5.82 Å². The van der Waals surface area contributed by atoms with Gasteiger partial charge in [-0.2, -0.15) is 5.10 Å². The first-order chi connectivity index (χ1) is 9.78. The van der Waals surface area contributed by atoms with Crippen LogP contribution in [-0.2, 0) is 0 Å². The average molecular weight is 292 g/mol. The summed E-state index contributed by atoms with van der Waals surface area (Å²) in [5.74, 6) is -0.487. The molecule has 0 aliphatic heterocycles. The molecule has 0 radical (unpaired) electrons. The van der Waals surface area contributed by atoms with Gasteiger partial charge < -0.3 is 14.9 Å². The Balaban J connectivity index is 2.33. The number of carboxylic acid groups (broad SMARTS) is 1. The standard InChI is InChI=1S/C15H24N4O2/c1-10-11(2)16-17-13(12(10)14(20)21)19(5)9-15(18(3)4)7-6-8-15/h6-9H2,1-5H3,(H,20,21). The van der Waals surface area contributed by atoms with Gasteiger partial charge in [0, 0.05) is 19.1 Å². The monoisotopic (exact) mass is 292 g/mol. The minimum atomic E-state index is -0.945. The van der Waals surface area contributed by atoms with Gasteiger partial charge in [0.1, 0.15) is 5.56 Å². The summed E-state index contributed by atoms with van der Waals surface area (Å²) >= 11 is 0. The Bertz CT molecular complexity index is 553. The van der Waals surface area contributed by atoms with Crippen molar-refractivity contribution in [2.24, 2.45) is 0 Å². The Kier molecular flexibility index (Phi) is 4.18. The van der Waals surface area contributed by atoms with Crippen LogP contribution in [0.15, 0.2) is 0 Å². The second kappa shape index (κ2) is 5.60. The van der Waals surface area contributed by atoms with Gasteiger partial charge in [-0.25, -0.2) is 4.79 Å². The highest BCUT2D eigenvalue weighted by atomic mass is 16.4. The number of rotatable bonds is 5. The predicted octanol–water partition coefficient (Wildman–Crippen LogP) is 1.71. The average Bonchev–Trinajstić information content (AvgIpc) is 2.35. The van der Waals surface area contributed by atoms with Crippen molar-refractivity contribution >= 4 is 11.8 Å². The molecule has 1 aliphatic carbocycles. The zero-order chi connectivity index (χ0) is 15.8. The van der Waals surface area contributed by atoms with E-state index in [9.17, 15) is 9.90 Å². The summed E-state index contributed by atoms with van der Waals surface area (Å²) in [7, 11) is 6.06. The Morgan fingerprint density at radius 2 is 1.86 bits per heavy atom. The number of likely N-dealkylation sites (N-methyl/N-ethyl adjacent to an activating group) is 2. The molecule has 0 aromatic carbocycles. The molecule has 2 rings (SSSR count). The van der Waals surface area contributed by atoms with Crippen LogP contribution in [-0.4, -0.2) is 59.4 Å². The summed E-state index contributed by atoms with van der Waals surface area (Å²) in [5.41, 5.74) is 1.73. The SMILES string of the molecule is Cc1nnc(N(C)CC2(N(C)C)CCC2)c(C(=O)O)c1C. The van der Waals surface area contributed by atoms with E-state index in [1.807, 2.05) is 11.9 Å². The van der Waals surface area contributed by atoms with Gasteiger partial charge in [-0.3, -0.25) is 0 Å². The molecule has 1 N–H and O–H groups in total. The smallest absolute Gasteiger partial charge is 0.339 e. The summed E-state index contributed by atoms with van der Waals surface area (Å²) in [4.78, 5) is 15.7. The quantitative estimate of drug-likeness (QED) is 0.891. The first kappa shape index (κ1) is 15.7. The third-order valence-electron chi connectivity index (χ3n) is 4.78. The molecule has 6 nitrogen and oxygen atoms in total. The van der Waals surface area contributed by atoms with Crippen LogP contribution in [0.3, 0.4) is 0 Å². The van der Waals surface area contributed by atoms with Crippen LogP contribution < -0.4 is 4.90 Å². The van der Waals surface area contributed by atoms with Crippen LogP contribution in [0.25, 0.3) is 0 Å². The Morgan fingerprint density at radius 1 is 1.24 bits per heavy atom. The van der Waals surface area contributed by atoms with Gasteiger partial charge in [-0.15, -0.1) is 5.10 Å². The van der Waals surface area contributed by atoms with Gasteiger partial charge in [0.05, 0.1) is 5.69 Å². The highest BCUT2D eigenvalue weighted by Crippen LogP contribution is 2.37. The molecular formula is C15H24N4O2. The lowest BCUT2D eigenvalue weighted by molar-refractivity contribution is 0.0668. The summed E-state index contributed by atoms with van der Waals surface area (Å²) in [6, 6.07) is 0. The number of carbonyl (C=O) groups is 1. The van der Waals surface area contributed by atoms with E-state index < -0.39 is 5.97 Å². The highest BCUT2D eigenvalue weighted by molar-refractivity contribution is 5.95. The number of aryl methyl sites for hydroxylation is 1. The van der Waals surface area contributed by atoms with Crippen LogP contribution in [0.2, 0.25) is 0 Å². The van der Waals surface area contributed by atoms with Gasteiger partial charge in [0.25, 0.3) is 0 Å². The number of carboxylic acids is 1. The van der Waals surface area contributed by atoms with Crippen molar-refractivity contribution in [3.63, 3.8) is 0 Å². The van der Waals surface area contributed by atoms with Gasteiger partial charge in [-0.1, -0.05) is 0 Å². The molecule has 0 saturated heterocycles. The molecule has 6 heteroatoms. The van der Waals surface area contributed by atoms with E-state index >= 15 is 0 Å². The number of nitrogens with zero attached hydrogens (tertiary/aromatic N) is 4. The summed E-state index contributed by atoms with van der Waals surface area (Å²) in [6.07, 6.45) is 3.48. The van der Waals surface area contributed by atoms with Gasteiger partial charge in [0.2, 0.25) is 0 Å². The Labute approximate surface area is 125 Å². The maximum Gasteiger partial charge on any atom is 0.339 e. The fraction of sp³-hybridized carbons (Fsp3) is 0.667. The van der Waals surface area contributed by atoms with Crippen LogP contribution in [0.5, 0.6) is 0 Å². The second-order valence-electron chi connectivity index (χ2n) is 6.24. The fourth-order valence-corrected chi connectivity index (χ4v) is 2.97. The van der Waals surface area contributed by atoms with E-state index in [1.165, 1.54) is 6.42 Å². The molecule has 0 unspecified atom stereocenters. The molecule has 0 amide bonds. The van der Waals surface area contributed by atoms with E-state index in [4.69, 9.17) is 0 Å². The minimum absolute atomic E-state index is 0.116. The van der Waals surface area contributed by atoms with Crippen molar-refractivity contribution in [2.45, 2.75) is 38.6 Å². The molecule has 1 saturated carbocycles. The van der Waals surface area contributed by atoms with Gasteiger partial charge >= 0.3 is 5.97 Å². The minimum Gasteiger partial charge on any atom is -0.478 e. The van der Waals surface area contributed by atoms with Crippen molar-refractivity contribution in [1.82, 2.24) is 15.1 Å². The normalized spacial score (nSPS) is 16.7. The van der Waals surface area contributed by atoms with E-state index in [2.05, 4.69) is 29.2 Å². The lowest BCUT2D eigenvalue weighted by atomic mass is 9.75. The third-order valence-corrected chi connectivity index (χ3v) is 4.78. The van der Waals surface area contributed by atoms with Crippen LogP contribution in [0.4, 0.5) is 5.82 Å². The summed E-state index contributed by atoms with van der Waals surface area (Å²) in [5, 5.41) is 17.7. The first-order valence-corrected chi connectivity index (χ1v) is 7.24. The van der Waals surface area contributed by atoms with Crippen molar-refractivity contribution in [3.8, 4) is 0 Å². The highest BCUT2D eigenvalue weighted by Gasteiger charge is 2.40. The van der Waals surface area contributed by atoms with E-state index in [0.717, 1.165) is 19.4 Å². The molecule has 1 fully saturated rings. The molecule has 1 aliphatic rings. The Hall–Kier alpha value is -1.69. The number of hydrogen-bond donors (Lipinski definition) is 1. The molecule has 0 atom stereocenters. The van der Waals surface area contributed by atoms with Crippen molar-refractivity contribution in [2.75, 3.05) is 32.6 Å². The molecule has 0 bridgehead atoms. The second-order valence-corrected chi connectivity index (χ2v) is 6.24. The molecule has 21 heavy (non-hydrogen) atoms. The van der Waals surface area contributed by atoms with Crippen molar-refractivity contribution in [1.29, 1.82) is 0 Å². The van der Waals surface area contributed by atoms with Crippen LogP contribution in [0.1, 0.15) is 40.9 Å². The third kappa shape index (κ3) is 2.72. The molecule has 116 valence electrons. The Morgan fingerprint density at radius 3 is 2.29 bits per heavy atom. The predicted molar refractivity (Wildman–Crippen MR) is 82.0 cm³/mol. The largest absolute Gasteiger partial charge is 0.478 e. The number of hydrogen-bond acceptors (Lipinski definition) is 5. The molecular weight excluding hydrogens is 268 g/mol. The number of anilines is 1. The number of aromatic carboxylic acids is 1. The van der Waals surface area contributed by atoms with E-state index in [-0.39, 0.29) is 11.1 Å². The topological polar surface area (TPSA) is 69.6 Å². The van der Waals surface area contributed by atoms with E-state index in [0.29, 0.717) is 17.1 Å². The zero-order valence-corrected chi connectivity index (χ0v) is 13.5.